The monoisotopic (exact) mass is 275 g/mol. The SMILES string of the molecule is Cc1oc2ncnc(N3CCC[C@H](C(=O)O)C3)c2c1C. The Hall–Kier alpha value is -2.11. The van der Waals surface area contributed by atoms with Crippen molar-refractivity contribution in [1.29, 1.82) is 0 Å². The van der Waals surface area contributed by atoms with Crippen LogP contribution in [0.5, 0.6) is 0 Å². The van der Waals surface area contributed by atoms with Crippen LogP contribution < -0.4 is 4.90 Å². The highest BCUT2D eigenvalue weighted by atomic mass is 16.4. The lowest BCUT2D eigenvalue weighted by Crippen LogP contribution is -2.39. The summed E-state index contributed by atoms with van der Waals surface area (Å²) in [4.78, 5) is 21.7. The van der Waals surface area contributed by atoms with E-state index in [1.807, 2.05) is 18.7 Å². The molecule has 0 unspecified atom stereocenters. The van der Waals surface area contributed by atoms with Crippen molar-refractivity contribution in [2.24, 2.45) is 5.92 Å². The Morgan fingerprint density at radius 3 is 3.00 bits per heavy atom. The van der Waals surface area contributed by atoms with E-state index in [0.717, 1.165) is 41.9 Å². The first-order chi connectivity index (χ1) is 9.58. The van der Waals surface area contributed by atoms with Crippen molar-refractivity contribution in [3.8, 4) is 0 Å². The molecular weight excluding hydrogens is 258 g/mol. The number of hydrogen-bond donors (Lipinski definition) is 1. The maximum Gasteiger partial charge on any atom is 0.308 e. The summed E-state index contributed by atoms with van der Waals surface area (Å²) in [6.45, 7) is 5.19. The molecule has 0 saturated carbocycles. The van der Waals surface area contributed by atoms with Gasteiger partial charge in [0.25, 0.3) is 0 Å². The molecule has 1 aliphatic rings. The molecule has 2 aromatic rings. The maximum atomic E-state index is 11.2. The number of hydrogen-bond acceptors (Lipinski definition) is 5. The first-order valence-electron chi connectivity index (χ1n) is 6.76. The first kappa shape index (κ1) is 12.9. The summed E-state index contributed by atoms with van der Waals surface area (Å²) >= 11 is 0. The van der Waals surface area contributed by atoms with Crippen LogP contribution >= 0.6 is 0 Å². The highest BCUT2D eigenvalue weighted by Gasteiger charge is 2.28. The molecule has 106 valence electrons. The predicted octanol–water partition coefficient (Wildman–Crippen LogP) is 2.14. The molecule has 2 aromatic heterocycles. The second-order valence-corrected chi connectivity index (χ2v) is 5.28. The fourth-order valence-corrected chi connectivity index (χ4v) is 2.77. The zero-order valence-electron chi connectivity index (χ0n) is 11.6. The van der Waals surface area contributed by atoms with E-state index in [9.17, 15) is 9.90 Å². The maximum absolute atomic E-state index is 11.2. The van der Waals surface area contributed by atoms with Gasteiger partial charge in [-0.2, -0.15) is 0 Å². The topological polar surface area (TPSA) is 79.5 Å². The smallest absolute Gasteiger partial charge is 0.308 e. The van der Waals surface area contributed by atoms with Gasteiger partial charge < -0.3 is 14.4 Å². The molecule has 0 aromatic carbocycles. The molecule has 0 spiro atoms. The molecule has 20 heavy (non-hydrogen) atoms. The number of piperidine rings is 1. The Labute approximate surface area is 116 Å². The number of carboxylic acid groups (broad SMARTS) is 1. The predicted molar refractivity (Wildman–Crippen MR) is 73.9 cm³/mol. The van der Waals surface area contributed by atoms with Crippen LogP contribution in [0.4, 0.5) is 5.82 Å². The molecule has 0 amide bonds. The third-order valence-corrected chi connectivity index (χ3v) is 4.02. The molecule has 0 bridgehead atoms. The molecule has 0 radical (unpaired) electrons. The number of rotatable bonds is 2. The van der Waals surface area contributed by atoms with E-state index in [-0.39, 0.29) is 5.92 Å². The van der Waals surface area contributed by atoms with Gasteiger partial charge >= 0.3 is 5.97 Å². The summed E-state index contributed by atoms with van der Waals surface area (Å²) in [6.07, 6.45) is 3.06. The van der Waals surface area contributed by atoms with Crippen molar-refractivity contribution in [2.45, 2.75) is 26.7 Å². The molecule has 0 aliphatic carbocycles. The second kappa shape index (κ2) is 4.77. The Kier molecular flexibility index (Phi) is 3.08. The minimum atomic E-state index is -0.736. The second-order valence-electron chi connectivity index (χ2n) is 5.28. The summed E-state index contributed by atoms with van der Waals surface area (Å²) in [5, 5.41) is 10.1. The fourth-order valence-electron chi connectivity index (χ4n) is 2.77. The standard InChI is InChI=1S/C14H17N3O3/c1-8-9(2)20-13-11(8)12(15-7-16-13)17-5-3-4-10(6-17)14(18)19/h7,10H,3-6H2,1-2H3,(H,18,19)/t10-/m0/s1. The Bertz CT molecular complexity index is 665. The Morgan fingerprint density at radius 2 is 2.25 bits per heavy atom. The van der Waals surface area contributed by atoms with E-state index >= 15 is 0 Å². The van der Waals surface area contributed by atoms with Crippen LogP contribution in [0.2, 0.25) is 0 Å². The van der Waals surface area contributed by atoms with Crippen LogP contribution in [0, 0.1) is 19.8 Å². The molecule has 1 saturated heterocycles. The van der Waals surface area contributed by atoms with E-state index in [1.165, 1.54) is 6.33 Å². The summed E-state index contributed by atoms with van der Waals surface area (Å²) in [7, 11) is 0. The number of carboxylic acids is 1. The summed E-state index contributed by atoms with van der Waals surface area (Å²) in [6, 6.07) is 0. The van der Waals surface area contributed by atoms with Crippen molar-refractivity contribution in [3.05, 3.63) is 17.7 Å². The van der Waals surface area contributed by atoms with Gasteiger partial charge in [-0.1, -0.05) is 0 Å². The average Bonchev–Trinajstić information content (AvgIpc) is 2.74. The normalized spacial score (nSPS) is 19.5. The number of carbonyl (C=O) groups is 1. The van der Waals surface area contributed by atoms with E-state index in [4.69, 9.17) is 4.42 Å². The van der Waals surface area contributed by atoms with Crippen LogP contribution in [0.15, 0.2) is 10.7 Å². The number of anilines is 1. The van der Waals surface area contributed by atoms with Gasteiger partial charge in [0.15, 0.2) is 0 Å². The van der Waals surface area contributed by atoms with Gasteiger partial charge in [0, 0.05) is 18.7 Å². The van der Waals surface area contributed by atoms with Gasteiger partial charge in [0.05, 0.1) is 11.3 Å². The Morgan fingerprint density at radius 1 is 1.45 bits per heavy atom. The van der Waals surface area contributed by atoms with Crippen LogP contribution in [0.25, 0.3) is 11.1 Å². The molecule has 6 heteroatoms. The number of aliphatic carboxylic acids is 1. The first-order valence-corrected chi connectivity index (χ1v) is 6.76. The minimum absolute atomic E-state index is 0.331. The largest absolute Gasteiger partial charge is 0.481 e. The summed E-state index contributed by atoms with van der Waals surface area (Å²) in [5.41, 5.74) is 1.59. The van der Waals surface area contributed by atoms with E-state index < -0.39 is 5.97 Å². The third-order valence-electron chi connectivity index (χ3n) is 4.02. The summed E-state index contributed by atoms with van der Waals surface area (Å²) < 4.78 is 5.61. The van der Waals surface area contributed by atoms with Crippen LogP contribution in [-0.2, 0) is 4.79 Å². The lowest BCUT2D eigenvalue weighted by Gasteiger charge is -2.31. The highest BCUT2D eigenvalue weighted by molar-refractivity contribution is 5.90. The number of furan rings is 1. The van der Waals surface area contributed by atoms with Crippen LogP contribution in [0.3, 0.4) is 0 Å². The molecule has 1 fully saturated rings. The molecule has 3 heterocycles. The van der Waals surface area contributed by atoms with E-state index in [0.29, 0.717) is 12.3 Å². The van der Waals surface area contributed by atoms with Crippen molar-refractivity contribution >= 4 is 22.9 Å². The lowest BCUT2D eigenvalue weighted by atomic mass is 9.98. The van der Waals surface area contributed by atoms with Gasteiger partial charge in [-0.15, -0.1) is 0 Å². The minimum Gasteiger partial charge on any atom is -0.481 e. The highest BCUT2D eigenvalue weighted by Crippen LogP contribution is 2.32. The average molecular weight is 275 g/mol. The number of fused-ring (bicyclic) bond motifs is 1. The number of nitrogens with zero attached hydrogens (tertiary/aromatic N) is 3. The summed E-state index contributed by atoms with van der Waals surface area (Å²) in [5.74, 6) is 0.547. The van der Waals surface area contributed by atoms with Crippen molar-refractivity contribution < 1.29 is 14.3 Å². The van der Waals surface area contributed by atoms with Gasteiger partial charge in [-0.05, 0) is 26.7 Å². The fraction of sp³-hybridized carbons (Fsp3) is 0.500. The Balaban J connectivity index is 2.03. The molecular formula is C14H17N3O3. The molecule has 1 N–H and O–H groups in total. The van der Waals surface area contributed by atoms with Gasteiger partial charge in [0.1, 0.15) is 17.9 Å². The van der Waals surface area contributed by atoms with Crippen molar-refractivity contribution in [2.75, 3.05) is 18.0 Å². The van der Waals surface area contributed by atoms with Crippen LogP contribution in [-0.4, -0.2) is 34.1 Å². The van der Waals surface area contributed by atoms with Crippen molar-refractivity contribution in [1.82, 2.24) is 9.97 Å². The molecule has 1 atom stereocenters. The van der Waals surface area contributed by atoms with Crippen molar-refractivity contribution in [3.63, 3.8) is 0 Å². The number of aryl methyl sites for hydroxylation is 2. The zero-order valence-corrected chi connectivity index (χ0v) is 11.6. The van der Waals surface area contributed by atoms with Gasteiger partial charge in [-0.25, -0.2) is 9.97 Å². The van der Waals surface area contributed by atoms with E-state index in [2.05, 4.69) is 9.97 Å². The quantitative estimate of drug-likeness (QED) is 0.904. The van der Waals surface area contributed by atoms with Gasteiger partial charge in [0.2, 0.25) is 5.71 Å². The molecule has 6 nitrogen and oxygen atoms in total. The van der Waals surface area contributed by atoms with Gasteiger partial charge in [-0.3, -0.25) is 4.79 Å². The third kappa shape index (κ3) is 2.01. The zero-order chi connectivity index (χ0) is 14.3. The molecule has 3 rings (SSSR count). The lowest BCUT2D eigenvalue weighted by molar-refractivity contribution is -0.141. The number of aromatic nitrogens is 2. The van der Waals surface area contributed by atoms with E-state index in [1.54, 1.807) is 0 Å². The van der Waals surface area contributed by atoms with Crippen LogP contribution in [0.1, 0.15) is 24.2 Å². The molecule has 1 aliphatic heterocycles.